The summed E-state index contributed by atoms with van der Waals surface area (Å²) in [5.74, 6) is 0.601. The number of nitrogens with zero attached hydrogens (tertiary/aromatic N) is 3. The van der Waals surface area contributed by atoms with E-state index in [1.807, 2.05) is 0 Å². The van der Waals surface area contributed by atoms with E-state index in [9.17, 15) is 0 Å². The molecule has 0 N–H and O–H groups in total. The molecule has 0 aliphatic rings. The van der Waals surface area contributed by atoms with Crippen molar-refractivity contribution in [3.63, 3.8) is 0 Å². The van der Waals surface area contributed by atoms with Gasteiger partial charge >= 0.3 is 0 Å². The quantitative estimate of drug-likeness (QED) is 0.666. The van der Waals surface area contributed by atoms with Gasteiger partial charge in [0.15, 0.2) is 5.82 Å². The molecular weight excluding hydrogens is 174 g/mol. The van der Waals surface area contributed by atoms with Gasteiger partial charge in [0.05, 0.1) is 17.4 Å². The topological polar surface area (TPSA) is 30.7 Å². The zero-order chi connectivity index (χ0) is 8.39. The van der Waals surface area contributed by atoms with Crippen molar-refractivity contribution in [1.29, 1.82) is 0 Å². The van der Waals surface area contributed by atoms with Crippen molar-refractivity contribution in [3.05, 3.63) is 41.8 Å². The molecule has 2 rings (SSSR count). The molecule has 0 unspecified atom stereocenters. The van der Waals surface area contributed by atoms with E-state index in [1.165, 1.54) is 4.68 Å². The lowest BCUT2D eigenvalue weighted by molar-refractivity contribution is 0.841. The van der Waals surface area contributed by atoms with Crippen LogP contribution in [0.15, 0.2) is 30.6 Å². The Balaban J connectivity index is 2.55. The van der Waals surface area contributed by atoms with E-state index in [-0.39, 0.29) is 0 Å². The van der Waals surface area contributed by atoms with Gasteiger partial charge < -0.3 is 0 Å². The minimum atomic E-state index is 0.567. The van der Waals surface area contributed by atoms with Crippen LogP contribution in [0.3, 0.4) is 0 Å². The second-order valence-electron chi connectivity index (χ2n) is 2.18. The summed E-state index contributed by atoms with van der Waals surface area (Å²) >= 11 is 5.87. The Bertz CT molecular complexity index is 370. The molecule has 2 heterocycles. The molecule has 0 spiro atoms. The van der Waals surface area contributed by atoms with E-state index >= 15 is 0 Å². The molecule has 12 heavy (non-hydrogen) atoms. The second kappa shape index (κ2) is 2.95. The van der Waals surface area contributed by atoms with E-state index in [0.29, 0.717) is 10.8 Å². The Hall–Kier alpha value is -1.35. The van der Waals surface area contributed by atoms with Crippen LogP contribution in [0.5, 0.6) is 0 Å². The molecule has 0 fully saturated rings. The van der Waals surface area contributed by atoms with Crippen LogP contribution >= 0.6 is 11.6 Å². The van der Waals surface area contributed by atoms with Gasteiger partial charge in [-0.1, -0.05) is 11.6 Å². The summed E-state index contributed by atoms with van der Waals surface area (Å²) in [6, 6.07) is 5.24. The Labute approximate surface area is 74.6 Å². The van der Waals surface area contributed by atoms with E-state index in [0.717, 1.165) is 0 Å². The van der Waals surface area contributed by atoms with Gasteiger partial charge in [0, 0.05) is 6.20 Å². The summed E-state index contributed by atoms with van der Waals surface area (Å²) in [7, 11) is 0. The zero-order valence-corrected chi connectivity index (χ0v) is 6.86. The molecule has 0 atom stereocenters. The first-order valence-electron chi connectivity index (χ1n) is 3.40. The molecule has 2 aromatic rings. The minimum absolute atomic E-state index is 0.567. The van der Waals surface area contributed by atoms with E-state index in [2.05, 4.69) is 16.3 Å². The van der Waals surface area contributed by atoms with Crippen molar-refractivity contribution >= 4 is 11.6 Å². The molecule has 59 valence electrons. The van der Waals surface area contributed by atoms with Gasteiger partial charge in [-0.15, -0.1) is 0 Å². The smallest absolute Gasteiger partial charge is 0.172 e. The van der Waals surface area contributed by atoms with Crippen molar-refractivity contribution in [2.45, 2.75) is 0 Å². The maximum atomic E-state index is 5.87. The van der Waals surface area contributed by atoms with Crippen LogP contribution in [-0.4, -0.2) is 14.8 Å². The van der Waals surface area contributed by atoms with Crippen LogP contribution < -0.4 is 0 Å². The fourth-order valence-electron chi connectivity index (χ4n) is 0.886. The molecule has 0 amide bonds. The van der Waals surface area contributed by atoms with Gasteiger partial charge in [-0.3, -0.25) is 0 Å². The van der Waals surface area contributed by atoms with E-state index in [4.69, 9.17) is 11.6 Å². The standard InChI is InChI=1S/C8H5ClN3/c9-7-3-1-4-10-8(7)12-6-2-5-11-12/h1-5H. The van der Waals surface area contributed by atoms with Crippen LogP contribution in [-0.2, 0) is 0 Å². The fourth-order valence-corrected chi connectivity index (χ4v) is 1.09. The summed E-state index contributed by atoms with van der Waals surface area (Å²) < 4.78 is 1.50. The SMILES string of the molecule is Clc1cccnc1-n1[c]ccn1. The summed E-state index contributed by atoms with van der Waals surface area (Å²) in [6.45, 7) is 0. The molecular formula is C8H5ClN3. The van der Waals surface area contributed by atoms with Crippen LogP contribution in [0.2, 0.25) is 5.02 Å². The lowest BCUT2D eigenvalue weighted by Crippen LogP contribution is -1.97. The maximum absolute atomic E-state index is 5.87. The summed E-state index contributed by atoms with van der Waals surface area (Å²) in [6.07, 6.45) is 6.15. The number of hydrogen-bond acceptors (Lipinski definition) is 2. The normalized spacial score (nSPS) is 10.1. The van der Waals surface area contributed by atoms with Crippen molar-refractivity contribution in [3.8, 4) is 5.82 Å². The molecule has 0 bridgehead atoms. The molecule has 3 nitrogen and oxygen atoms in total. The highest BCUT2D eigenvalue weighted by molar-refractivity contribution is 6.32. The third kappa shape index (κ3) is 1.19. The average Bonchev–Trinajstić information content (AvgIpc) is 2.57. The highest BCUT2D eigenvalue weighted by Crippen LogP contribution is 2.14. The number of rotatable bonds is 1. The Morgan fingerprint density at radius 3 is 3.00 bits per heavy atom. The number of pyridine rings is 1. The summed E-state index contributed by atoms with van der Waals surface area (Å²) in [4.78, 5) is 4.06. The first kappa shape index (κ1) is 7.31. The van der Waals surface area contributed by atoms with Gasteiger partial charge in [-0.05, 0) is 18.2 Å². The number of halogens is 1. The molecule has 4 heteroatoms. The first-order valence-corrected chi connectivity index (χ1v) is 3.78. The lowest BCUT2D eigenvalue weighted by atomic mass is 10.4. The average molecular weight is 179 g/mol. The lowest BCUT2D eigenvalue weighted by Gasteiger charge is -1.99. The summed E-state index contributed by atoms with van der Waals surface area (Å²) in [5.41, 5.74) is 0. The van der Waals surface area contributed by atoms with Crippen LogP contribution in [0.25, 0.3) is 5.82 Å². The molecule has 1 radical (unpaired) electrons. The maximum Gasteiger partial charge on any atom is 0.172 e. The van der Waals surface area contributed by atoms with E-state index < -0.39 is 0 Å². The monoisotopic (exact) mass is 178 g/mol. The van der Waals surface area contributed by atoms with Crippen molar-refractivity contribution in [2.24, 2.45) is 0 Å². The fraction of sp³-hybridized carbons (Fsp3) is 0. The van der Waals surface area contributed by atoms with Gasteiger partial charge in [-0.25, -0.2) is 9.67 Å². The van der Waals surface area contributed by atoms with Crippen molar-refractivity contribution in [1.82, 2.24) is 14.8 Å². The first-order chi connectivity index (χ1) is 5.88. The molecule has 0 aliphatic carbocycles. The molecule has 0 saturated heterocycles. The van der Waals surface area contributed by atoms with Gasteiger partial charge in [0.1, 0.15) is 0 Å². The third-order valence-corrected chi connectivity index (χ3v) is 1.69. The number of hydrogen-bond donors (Lipinski definition) is 0. The summed E-state index contributed by atoms with van der Waals surface area (Å²) in [5, 5.41) is 4.53. The highest BCUT2D eigenvalue weighted by Gasteiger charge is 2.01. The van der Waals surface area contributed by atoms with E-state index in [1.54, 1.807) is 30.6 Å². The van der Waals surface area contributed by atoms with Crippen molar-refractivity contribution in [2.75, 3.05) is 0 Å². The minimum Gasteiger partial charge on any atom is -0.236 e. The predicted octanol–water partition coefficient (Wildman–Crippen LogP) is 1.72. The Morgan fingerprint density at radius 2 is 2.33 bits per heavy atom. The van der Waals surface area contributed by atoms with Crippen LogP contribution in [0.1, 0.15) is 0 Å². The zero-order valence-electron chi connectivity index (χ0n) is 6.11. The largest absolute Gasteiger partial charge is 0.236 e. The highest BCUT2D eigenvalue weighted by atomic mass is 35.5. The number of aromatic nitrogens is 3. The Kier molecular flexibility index (Phi) is 1.80. The van der Waals surface area contributed by atoms with Gasteiger partial charge in [0.25, 0.3) is 0 Å². The molecule has 2 aromatic heterocycles. The van der Waals surface area contributed by atoms with Crippen molar-refractivity contribution < 1.29 is 0 Å². The predicted molar refractivity (Wildman–Crippen MR) is 45.2 cm³/mol. The molecule has 0 saturated carbocycles. The van der Waals surface area contributed by atoms with Gasteiger partial charge in [0.2, 0.25) is 0 Å². The van der Waals surface area contributed by atoms with Crippen LogP contribution in [0.4, 0.5) is 0 Å². The molecule has 0 aromatic carbocycles. The molecule has 0 aliphatic heterocycles. The second-order valence-corrected chi connectivity index (χ2v) is 2.59. The van der Waals surface area contributed by atoms with Gasteiger partial charge in [-0.2, -0.15) is 5.10 Å². The Morgan fingerprint density at radius 1 is 1.42 bits per heavy atom. The third-order valence-electron chi connectivity index (χ3n) is 1.39. The van der Waals surface area contributed by atoms with Crippen LogP contribution in [0, 0.1) is 6.20 Å².